The van der Waals surface area contributed by atoms with Gasteiger partial charge in [-0.05, 0) is 62.4 Å². The normalized spacial score (nSPS) is 17.1. The molecule has 204 valence electrons. The lowest BCUT2D eigenvalue weighted by molar-refractivity contribution is -0.00440. The van der Waals surface area contributed by atoms with Crippen LogP contribution in [0.15, 0.2) is 55.0 Å². The molecule has 2 aromatic carbocycles. The molecule has 1 N–H and O–H groups in total. The van der Waals surface area contributed by atoms with Crippen LogP contribution in [0, 0.1) is 12.7 Å². The number of methoxy groups -OCH3 is 1. The number of halogens is 1. The smallest absolute Gasteiger partial charge is 0.412 e. The van der Waals surface area contributed by atoms with Crippen LogP contribution in [0.25, 0.3) is 31.8 Å². The second-order valence-corrected chi connectivity index (χ2v) is 10.6. The number of nitrogens with zero attached hydrogens (tertiary/aromatic N) is 4. The van der Waals surface area contributed by atoms with Crippen molar-refractivity contribution in [2.45, 2.75) is 44.8 Å². The van der Waals surface area contributed by atoms with Crippen LogP contribution in [0.4, 0.5) is 14.9 Å². The van der Waals surface area contributed by atoms with Crippen molar-refractivity contribution in [1.82, 2.24) is 19.9 Å². The highest BCUT2D eigenvalue weighted by molar-refractivity contribution is 7.21. The Hall–Kier alpha value is -4.38. The molecule has 0 aliphatic heterocycles. The van der Waals surface area contributed by atoms with E-state index in [1.54, 1.807) is 43.9 Å². The monoisotopic (exact) mass is 559 g/mol. The number of rotatable bonds is 6. The molecular formula is C29H26FN5O4S. The maximum atomic E-state index is 15.2. The van der Waals surface area contributed by atoms with Crippen molar-refractivity contribution in [2.24, 2.45) is 0 Å². The van der Waals surface area contributed by atoms with Gasteiger partial charge in [-0.25, -0.2) is 24.1 Å². The van der Waals surface area contributed by atoms with E-state index in [9.17, 15) is 4.79 Å². The van der Waals surface area contributed by atoms with Gasteiger partial charge in [-0.15, -0.1) is 11.3 Å². The Morgan fingerprint density at radius 1 is 1.05 bits per heavy atom. The molecule has 6 rings (SSSR count). The number of thiazole rings is 1. The molecule has 5 aromatic rings. The summed E-state index contributed by atoms with van der Waals surface area (Å²) in [6.45, 7) is 1.98. The molecule has 1 fully saturated rings. The lowest BCUT2D eigenvalue weighted by Crippen LogP contribution is -2.39. The third-order valence-corrected chi connectivity index (χ3v) is 7.81. The fourth-order valence-corrected chi connectivity index (χ4v) is 5.85. The zero-order valence-corrected chi connectivity index (χ0v) is 22.7. The maximum absolute atomic E-state index is 15.2. The summed E-state index contributed by atoms with van der Waals surface area (Å²) in [7, 11) is 1.55. The van der Waals surface area contributed by atoms with Crippen LogP contribution in [0.2, 0.25) is 0 Å². The van der Waals surface area contributed by atoms with Gasteiger partial charge in [0.05, 0.1) is 34.6 Å². The molecule has 9 nitrogen and oxygen atoms in total. The van der Waals surface area contributed by atoms with Gasteiger partial charge in [0, 0.05) is 35.8 Å². The number of aromatic nitrogens is 4. The third kappa shape index (κ3) is 5.37. The Kier molecular flexibility index (Phi) is 7.12. The van der Waals surface area contributed by atoms with E-state index in [4.69, 9.17) is 19.2 Å². The summed E-state index contributed by atoms with van der Waals surface area (Å²) in [4.78, 5) is 30.2. The molecule has 0 spiro atoms. The average molecular weight is 560 g/mol. The fraction of sp³-hybridized carbons (Fsp3) is 0.276. The highest BCUT2D eigenvalue weighted by Gasteiger charge is 2.31. The first kappa shape index (κ1) is 25.9. The summed E-state index contributed by atoms with van der Waals surface area (Å²) in [5, 5.41) is 3.40. The van der Waals surface area contributed by atoms with Crippen LogP contribution in [-0.4, -0.2) is 45.3 Å². The number of ether oxygens (including phenoxy) is 3. The molecule has 40 heavy (non-hydrogen) atoms. The number of benzene rings is 2. The molecule has 1 aliphatic rings. The number of fused-ring (bicyclic) bond motifs is 2. The molecule has 1 aliphatic carbocycles. The van der Waals surface area contributed by atoms with E-state index < -0.39 is 24.1 Å². The Morgan fingerprint density at radius 3 is 2.65 bits per heavy atom. The second-order valence-electron chi connectivity index (χ2n) is 9.61. The molecule has 3 heterocycles. The minimum absolute atomic E-state index is 0.108. The summed E-state index contributed by atoms with van der Waals surface area (Å²) < 4.78 is 33.1. The third-order valence-electron chi connectivity index (χ3n) is 6.76. The highest BCUT2D eigenvalue weighted by Crippen LogP contribution is 2.38. The molecule has 1 saturated carbocycles. The van der Waals surface area contributed by atoms with Crippen LogP contribution in [-0.2, 0) is 4.74 Å². The molecule has 2 unspecified atom stereocenters. The molecule has 11 heteroatoms. The van der Waals surface area contributed by atoms with Gasteiger partial charge in [-0.1, -0.05) is 0 Å². The van der Waals surface area contributed by atoms with Crippen molar-refractivity contribution in [1.29, 1.82) is 0 Å². The quantitative estimate of drug-likeness (QED) is 0.245. The van der Waals surface area contributed by atoms with Crippen molar-refractivity contribution >= 4 is 44.4 Å². The first-order chi connectivity index (χ1) is 19.5. The van der Waals surface area contributed by atoms with Gasteiger partial charge in [0.15, 0.2) is 11.6 Å². The minimum Gasteiger partial charge on any atom is -0.483 e. The summed E-state index contributed by atoms with van der Waals surface area (Å²) in [6, 6.07) is 10.3. The van der Waals surface area contributed by atoms with Crippen LogP contribution >= 0.6 is 11.3 Å². The summed E-state index contributed by atoms with van der Waals surface area (Å²) >= 11 is 1.42. The number of pyridine rings is 1. The maximum Gasteiger partial charge on any atom is 0.412 e. The zero-order valence-electron chi connectivity index (χ0n) is 21.9. The van der Waals surface area contributed by atoms with E-state index >= 15 is 4.39 Å². The molecule has 2 atom stereocenters. The van der Waals surface area contributed by atoms with E-state index in [1.807, 2.05) is 19.1 Å². The predicted octanol–water partition coefficient (Wildman–Crippen LogP) is 6.70. The van der Waals surface area contributed by atoms with Gasteiger partial charge in [0.25, 0.3) is 0 Å². The summed E-state index contributed by atoms with van der Waals surface area (Å²) in [6.07, 6.45) is 6.25. The fourth-order valence-electron chi connectivity index (χ4n) is 4.86. The molecular weight excluding hydrogens is 533 g/mol. The van der Waals surface area contributed by atoms with Gasteiger partial charge in [0.1, 0.15) is 17.2 Å². The van der Waals surface area contributed by atoms with Crippen molar-refractivity contribution in [3.63, 3.8) is 0 Å². The topological polar surface area (TPSA) is 108 Å². The Bertz CT molecular complexity index is 1700. The number of carbonyl (C=O) groups is 1. The van der Waals surface area contributed by atoms with Crippen LogP contribution in [0.5, 0.6) is 11.6 Å². The second kappa shape index (κ2) is 11.0. The van der Waals surface area contributed by atoms with Gasteiger partial charge in [-0.2, -0.15) is 0 Å². The van der Waals surface area contributed by atoms with Crippen molar-refractivity contribution in [3.05, 3.63) is 66.4 Å². The van der Waals surface area contributed by atoms with Crippen LogP contribution in [0.3, 0.4) is 0 Å². The van der Waals surface area contributed by atoms with Crippen molar-refractivity contribution < 1.29 is 23.4 Å². The lowest BCUT2D eigenvalue weighted by atomic mass is 9.94. The molecule has 0 saturated heterocycles. The number of anilines is 1. The summed E-state index contributed by atoms with van der Waals surface area (Å²) in [5.41, 5.74) is 4.30. The zero-order chi connectivity index (χ0) is 27.6. The molecule has 1 amide bonds. The molecule has 0 bridgehead atoms. The summed E-state index contributed by atoms with van der Waals surface area (Å²) in [5.74, 6) is 0.0157. The van der Waals surface area contributed by atoms with Gasteiger partial charge < -0.3 is 14.2 Å². The van der Waals surface area contributed by atoms with Gasteiger partial charge >= 0.3 is 6.09 Å². The number of aryl methyl sites for hydroxylation is 1. The number of amides is 1. The predicted molar refractivity (Wildman–Crippen MR) is 150 cm³/mol. The molecule has 0 radical (unpaired) electrons. The largest absolute Gasteiger partial charge is 0.483 e. The van der Waals surface area contributed by atoms with E-state index in [0.717, 1.165) is 28.7 Å². The molecule has 3 aromatic heterocycles. The standard InChI is InChI=1S/C29H26FN5O4S/c1-16-11-18(27-21(12-16)34-26(37-2)15-32-27)28-35-20-13-19(30)24(14-25(20)40-28)38-22-5-3-4-6-23(22)39-29(36)33-17-7-9-31-10-8-17/h7-15,22-23H,3-6H2,1-2H3,(H,31,33,36). The lowest BCUT2D eigenvalue weighted by Gasteiger charge is -2.31. The first-order valence-corrected chi connectivity index (χ1v) is 13.7. The van der Waals surface area contributed by atoms with Crippen molar-refractivity contribution in [3.8, 4) is 22.2 Å². The van der Waals surface area contributed by atoms with E-state index in [1.165, 1.54) is 17.4 Å². The average Bonchev–Trinajstić information content (AvgIpc) is 3.36. The van der Waals surface area contributed by atoms with E-state index in [-0.39, 0.29) is 5.75 Å². The number of nitrogens with one attached hydrogen (secondary N) is 1. The van der Waals surface area contributed by atoms with Crippen LogP contribution in [0.1, 0.15) is 31.2 Å². The Morgan fingerprint density at radius 2 is 1.85 bits per heavy atom. The van der Waals surface area contributed by atoms with Gasteiger partial charge in [-0.3, -0.25) is 10.3 Å². The SMILES string of the molecule is COc1cnc2c(-c3nc4cc(F)c(OC5CCCCC5OC(=O)Nc5ccncc5)cc4s3)cc(C)cc2n1. The van der Waals surface area contributed by atoms with Crippen LogP contribution < -0.4 is 14.8 Å². The number of carbonyl (C=O) groups excluding carboxylic acids is 1. The highest BCUT2D eigenvalue weighted by atomic mass is 32.1. The van der Waals surface area contributed by atoms with E-state index in [0.29, 0.717) is 46.0 Å². The minimum atomic E-state index is -0.583. The van der Waals surface area contributed by atoms with Gasteiger partial charge in [0.2, 0.25) is 5.88 Å². The Balaban J connectivity index is 1.25. The number of hydrogen-bond donors (Lipinski definition) is 1. The van der Waals surface area contributed by atoms with Crippen molar-refractivity contribution in [2.75, 3.05) is 12.4 Å². The first-order valence-electron chi connectivity index (χ1n) is 12.9. The van der Waals surface area contributed by atoms with E-state index in [2.05, 4.69) is 20.3 Å². The number of hydrogen-bond acceptors (Lipinski definition) is 9. The Labute approximate surface area is 233 Å².